The van der Waals surface area contributed by atoms with Crippen molar-refractivity contribution in [2.75, 3.05) is 24.4 Å². The standard InChI is InChI=1S/C10H18NO6PS.Na.H/c1-3-17-10(13)8-5-19-6-11(8)9(12)7(2)4-18(14,15)16;;/h7-8H,3-6H2,1-2H3,(H2,14,15,16);;. The number of thioether (sulfide) groups is 1. The molecule has 10 heteroatoms. The van der Waals surface area contributed by atoms with Crippen molar-refractivity contribution < 1.29 is 28.7 Å². The Morgan fingerprint density at radius 3 is 2.60 bits per heavy atom. The number of esters is 1. The van der Waals surface area contributed by atoms with Crippen LogP contribution in [0.5, 0.6) is 0 Å². The molecule has 0 bridgehead atoms. The van der Waals surface area contributed by atoms with Crippen LogP contribution in [0.4, 0.5) is 0 Å². The fourth-order valence-corrected chi connectivity index (χ4v) is 3.83. The van der Waals surface area contributed by atoms with Crippen LogP contribution in [0.25, 0.3) is 0 Å². The number of ether oxygens (including phenoxy) is 1. The first kappa shape index (κ1) is 20.4. The second-order valence-corrected chi connectivity index (χ2v) is 7.02. The summed E-state index contributed by atoms with van der Waals surface area (Å²) in [5.41, 5.74) is 0. The zero-order valence-corrected chi connectivity index (χ0v) is 12.5. The van der Waals surface area contributed by atoms with Gasteiger partial charge < -0.3 is 19.4 Å². The van der Waals surface area contributed by atoms with Crippen LogP contribution in [-0.4, -0.2) is 86.6 Å². The van der Waals surface area contributed by atoms with Gasteiger partial charge in [-0.3, -0.25) is 9.36 Å². The molecule has 1 heterocycles. The Bertz CT molecular complexity index is 403. The van der Waals surface area contributed by atoms with Crippen LogP contribution in [0.1, 0.15) is 13.8 Å². The molecule has 0 radical (unpaired) electrons. The Morgan fingerprint density at radius 2 is 2.10 bits per heavy atom. The molecule has 2 N–H and O–H groups in total. The van der Waals surface area contributed by atoms with Gasteiger partial charge in [0.2, 0.25) is 5.91 Å². The number of carbonyl (C=O) groups is 2. The van der Waals surface area contributed by atoms with Gasteiger partial charge in [0, 0.05) is 11.7 Å². The van der Waals surface area contributed by atoms with Crippen LogP contribution >= 0.6 is 19.4 Å². The maximum atomic E-state index is 12.1. The monoisotopic (exact) mass is 335 g/mol. The number of nitrogens with zero attached hydrogens (tertiary/aromatic N) is 1. The Labute approximate surface area is 144 Å². The number of hydrogen-bond donors (Lipinski definition) is 2. The first-order chi connectivity index (χ1) is 8.76. The van der Waals surface area contributed by atoms with Gasteiger partial charge in [-0.1, -0.05) is 6.92 Å². The number of carbonyl (C=O) groups excluding carboxylic acids is 2. The van der Waals surface area contributed by atoms with Crippen LogP contribution in [0.3, 0.4) is 0 Å². The molecule has 2 unspecified atom stereocenters. The van der Waals surface area contributed by atoms with Gasteiger partial charge in [-0.2, -0.15) is 0 Å². The fourth-order valence-electron chi connectivity index (χ4n) is 1.81. The summed E-state index contributed by atoms with van der Waals surface area (Å²) in [7, 11) is -4.24. The first-order valence-electron chi connectivity index (χ1n) is 5.85. The second kappa shape index (κ2) is 8.78. The zero-order chi connectivity index (χ0) is 14.6. The van der Waals surface area contributed by atoms with Crippen LogP contribution in [-0.2, 0) is 18.9 Å². The minimum absolute atomic E-state index is 0. The van der Waals surface area contributed by atoms with Crippen molar-refractivity contribution in [3.05, 3.63) is 0 Å². The molecule has 1 amide bonds. The third-order valence-electron chi connectivity index (χ3n) is 2.66. The van der Waals surface area contributed by atoms with E-state index in [-0.39, 0.29) is 36.2 Å². The van der Waals surface area contributed by atoms with Crippen molar-refractivity contribution in [2.24, 2.45) is 5.92 Å². The second-order valence-electron chi connectivity index (χ2n) is 4.32. The van der Waals surface area contributed by atoms with Crippen molar-refractivity contribution in [1.29, 1.82) is 0 Å². The van der Waals surface area contributed by atoms with Gasteiger partial charge in [-0.15, -0.1) is 11.8 Å². The predicted molar refractivity (Wildman–Crippen MR) is 77.8 cm³/mol. The predicted octanol–water partition coefficient (Wildman–Crippen LogP) is -0.384. The Balaban J connectivity index is 0.00000361. The van der Waals surface area contributed by atoms with Crippen LogP contribution in [0, 0.1) is 5.92 Å². The Kier molecular flexibility index (Phi) is 8.97. The summed E-state index contributed by atoms with van der Waals surface area (Å²) in [6, 6.07) is -0.656. The molecule has 0 spiro atoms. The van der Waals surface area contributed by atoms with E-state index in [4.69, 9.17) is 14.5 Å². The van der Waals surface area contributed by atoms with Crippen molar-refractivity contribution in [3.8, 4) is 0 Å². The molecule has 1 aliphatic heterocycles. The zero-order valence-electron chi connectivity index (χ0n) is 10.8. The van der Waals surface area contributed by atoms with Gasteiger partial charge in [-0.05, 0) is 6.92 Å². The van der Waals surface area contributed by atoms with Crippen molar-refractivity contribution in [1.82, 2.24) is 4.90 Å². The normalized spacial score (nSPS) is 20.2. The van der Waals surface area contributed by atoms with Gasteiger partial charge in [0.25, 0.3) is 0 Å². The quantitative estimate of drug-likeness (QED) is 0.401. The summed E-state index contributed by atoms with van der Waals surface area (Å²) in [4.78, 5) is 42.9. The van der Waals surface area contributed by atoms with E-state index in [1.807, 2.05) is 0 Å². The van der Waals surface area contributed by atoms with Gasteiger partial charge in [0.05, 0.1) is 18.6 Å². The molecule has 1 saturated heterocycles. The molecule has 0 aromatic carbocycles. The summed E-state index contributed by atoms with van der Waals surface area (Å²) in [6.07, 6.45) is -0.511. The van der Waals surface area contributed by atoms with Crippen molar-refractivity contribution in [3.63, 3.8) is 0 Å². The first-order valence-corrected chi connectivity index (χ1v) is 8.81. The van der Waals surface area contributed by atoms with E-state index in [2.05, 4.69) is 0 Å². The van der Waals surface area contributed by atoms with Gasteiger partial charge >= 0.3 is 43.1 Å². The van der Waals surface area contributed by atoms with Crippen molar-refractivity contribution in [2.45, 2.75) is 19.9 Å². The third kappa shape index (κ3) is 6.05. The van der Waals surface area contributed by atoms with Gasteiger partial charge in [0.1, 0.15) is 6.04 Å². The van der Waals surface area contributed by atoms with E-state index in [1.165, 1.54) is 23.6 Å². The summed E-state index contributed by atoms with van der Waals surface area (Å²) >= 11 is 1.42. The van der Waals surface area contributed by atoms with E-state index in [1.54, 1.807) is 6.92 Å². The Morgan fingerprint density at radius 1 is 1.50 bits per heavy atom. The summed E-state index contributed by atoms with van der Waals surface area (Å²) in [5.74, 6) is -0.923. The third-order valence-corrected chi connectivity index (χ3v) is 4.69. The number of rotatable bonds is 5. The SMILES string of the molecule is CCOC(=O)C1CSCN1C(=O)C(C)CP(=O)(O)O.[NaH]. The summed E-state index contributed by atoms with van der Waals surface area (Å²) in [6.45, 7) is 3.37. The van der Waals surface area contributed by atoms with E-state index >= 15 is 0 Å². The van der Waals surface area contributed by atoms with Gasteiger partial charge in [0.15, 0.2) is 0 Å². The molecule has 0 aromatic heterocycles. The molecule has 112 valence electrons. The average molecular weight is 335 g/mol. The molecule has 7 nitrogen and oxygen atoms in total. The van der Waals surface area contributed by atoms with Crippen LogP contribution < -0.4 is 0 Å². The number of amides is 1. The van der Waals surface area contributed by atoms with Crippen LogP contribution in [0.15, 0.2) is 0 Å². The van der Waals surface area contributed by atoms with E-state index in [0.29, 0.717) is 11.6 Å². The summed E-state index contributed by atoms with van der Waals surface area (Å²) < 4.78 is 15.8. The van der Waals surface area contributed by atoms with Crippen LogP contribution in [0.2, 0.25) is 0 Å². The molecule has 0 saturated carbocycles. The van der Waals surface area contributed by atoms with E-state index in [0.717, 1.165) is 0 Å². The molecule has 1 rings (SSSR count). The molecule has 1 aliphatic rings. The molecule has 2 atom stereocenters. The van der Waals surface area contributed by atoms with Crippen molar-refractivity contribution >= 4 is 60.8 Å². The minimum atomic E-state index is -4.24. The van der Waals surface area contributed by atoms with Gasteiger partial charge in [-0.25, -0.2) is 4.79 Å². The summed E-state index contributed by atoms with van der Waals surface area (Å²) in [5, 5.41) is 0. The fraction of sp³-hybridized carbons (Fsp3) is 0.800. The maximum absolute atomic E-state index is 12.1. The Hall–Kier alpha value is 0.440. The number of hydrogen-bond acceptors (Lipinski definition) is 5. The average Bonchev–Trinajstić information content (AvgIpc) is 2.74. The molecular formula is C10H19NNaO6PS. The molecular weight excluding hydrogens is 316 g/mol. The molecule has 20 heavy (non-hydrogen) atoms. The van der Waals surface area contributed by atoms with E-state index < -0.39 is 37.6 Å². The molecule has 0 aliphatic carbocycles. The molecule has 0 aromatic rings. The van der Waals surface area contributed by atoms with E-state index in [9.17, 15) is 14.2 Å². The topological polar surface area (TPSA) is 104 Å². The molecule has 1 fully saturated rings.